The van der Waals surface area contributed by atoms with E-state index in [-0.39, 0.29) is 12.0 Å². The fourth-order valence-electron chi connectivity index (χ4n) is 3.43. The van der Waals surface area contributed by atoms with Crippen molar-refractivity contribution < 1.29 is 9.90 Å². The maximum Gasteiger partial charge on any atom is 0.258 e. The smallest absolute Gasteiger partial charge is 0.258 e. The molecule has 1 aliphatic heterocycles. The van der Waals surface area contributed by atoms with Crippen LogP contribution in [0.15, 0.2) is 48.7 Å². The van der Waals surface area contributed by atoms with Crippen LogP contribution in [-0.4, -0.2) is 55.4 Å². The summed E-state index contributed by atoms with van der Waals surface area (Å²) in [6.45, 7) is 1.33. The molecule has 146 valence electrons. The van der Waals surface area contributed by atoms with Crippen LogP contribution in [0.3, 0.4) is 0 Å². The van der Waals surface area contributed by atoms with Crippen LogP contribution in [0.4, 0.5) is 11.6 Å². The van der Waals surface area contributed by atoms with Gasteiger partial charge in [0.15, 0.2) is 11.6 Å². The van der Waals surface area contributed by atoms with Crippen LogP contribution < -0.4 is 10.2 Å². The monoisotopic (exact) mass is 389 g/mol. The second-order valence-electron chi connectivity index (χ2n) is 7.02. The number of para-hydroxylation sites is 2. The molecule has 0 radical (unpaired) electrons. The molecule has 1 aliphatic rings. The Morgan fingerprint density at radius 3 is 2.90 bits per heavy atom. The van der Waals surface area contributed by atoms with Crippen LogP contribution in [0.5, 0.6) is 0 Å². The Morgan fingerprint density at radius 2 is 2.14 bits per heavy atom. The van der Waals surface area contributed by atoms with Gasteiger partial charge in [0.2, 0.25) is 0 Å². The molecule has 5 rings (SSSR count). The number of rotatable bonds is 4. The number of carbonyl (C=O) groups excluding carboxylic acids is 1. The molecule has 1 atom stereocenters. The van der Waals surface area contributed by atoms with Gasteiger partial charge in [0.05, 0.1) is 22.7 Å². The van der Waals surface area contributed by atoms with Crippen molar-refractivity contribution in [2.45, 2.75) is 12.5 Å². The number of aromatic nitrogens is 5. The Hall–Kier alpha value is -3.72. The summed E-state index contributed by atoms with van der Waals surface area (Å²) in [5, 5.41) is 19.4. The van der Waals surface area contributed by atoms with E-state index in [1.165, 1.54) is 6.20 Å². The molecule has 4 heterocycles. The molecule has 4 aromatic rings. The number of anilines is 2. The maximum atomic E-state index is 12.5. The number of β-amino-alcohol motifs (C(OH)–C–C–N with tert-alkyl or cyclic N) is 1. The van der Waals surface area contributed by atoms with E-state index in [9.17, 15) is 9.90 Å². The van der Waals surface area contributed by atoms with Crippen LogP contribution in [0.25, 0.3) is 22.6 Å². The average molecular weight is 389 g/mol. The lowest BCUT2D eigenvalue weighted by atomic mass is 10.2. The number of aromatic amines is 2. The van der Waals surface area contributed by atoms with Crippen molar-refractivity contribution in [3.63, 3.8) is 0 Å². The summed E-state index contributed by atoms with van der Waals surface area (Å²) < 4.78 is 0. The summed E-state index contributed by atoms with van der Waals surface area (Å²) in [7, 11) is 0. The zero-order valence-corrected chi connectivity index (χ0v) is 15.5. The number of hydrogen-bond acceptors (Lipinski definition) is 6. The highest BCUT2D eigenvalue weighted by Gasteiger charge is 2.21. The average Bonchev–Trinajstić information content (AvgIpc) is 3.47. The largest absolute Gasteiger partial charge is 0.391 e. The Kier molecular flexibility index (Phi) is 4.21. The van der Waals surface area contributed by atoms with E-state index in [2.05, 4.69) is 30.5 Å². The number of carbonyl (C=O) groups is 1. The minimum Gasteiger partial charge on any atom is -0.391 e. The number of imidazole rings is 1. The lowest BCUT2D eigenvalue weighted by molar-refractivity contribution is 0.102. The Balaban J connectivity index is 1.28. The first-order valence-corrected chi connectivity index (χ1v) is 9.37. The molecular weight excluding hydrogens is 370 g/mol. The number of aliphatic hydroxyl groups is 1. The minimum absolute atomic E-state index is 0.298. The fraction of sp³-hybridized carbons (Fsp3) is 0.200. The van der Waals surface area contributed by atoms with Crippen molar-refractivity contribution in [2.24, 2.45) is 0 Å². The van der Waals surface area contributed by atoms with Gasteiger partial charge in [-0.2, -0.15) is 5.10 Å². The van der Waals surface area contributed by atoms with E-state index in [0.29, 0.717) is 29.4 Å². The third kappa shape index (κ3) is 3.43. The summed E-state index contributed by atoms with van der Waals surface area (Å²) >= 11 is 0. The van der Waals surface area contributed by atoms with Crippen LogP contribution in [0, 0.1) is 0 Å². The molecule has 0 aliphatic carbocycles. The SMILES string of the molecule is O=C(Nc1cc(-c2nc3ccccc3[nH]2)[nH]n1)c1ccc(N2CCC(O)C2)nc1. The molecule has 1 amide bonds. The van der Waals surface area contributed by atoms with E-state index in [0.717, 1.165) is 29.8 Å². The zero-order valence-electron chi connectivity index (χ0n) is 15.5. The van der Waals surface area contributed by atoms with E-state index >= 15 is 0 Å². The molecule has 4 N–H and O–H groups in total. The van der Waals surface area contributed by atoms with Gasteiger partial charge in [-0.15, -0.1) is 0 Å². The maximum absolute atomic E-state index is 12.5. The van der Waals surface area contributed by atoms with Crippen LogP contribution in [0.1, 0.15) is 16.8 Å². The van der Waals surface area contributed by atoms with Crippen LogP contribution in [-0.2, 0) is 0 Å². The number of hydrogen-bond donors (Lipinski definition) is 4. The second kappa shape index (κ2) is 7.02. The number of nitrogens with one attached hydrogen (secondary N) is 3. The van der Waals surface area contributed by atoms with Gasteiger partial charge < -0.3 is 20.3 Å². The lowest BCUT2D eigenvalue weighted by Crippen LogP contribution is -2.22. The highest BCUT2D eigenvalue weighted by Crippen LogP contribution is 2.21. The van der Waals surface area contributed by atoms with Gasteiger partial charge in [0.25, 0.3) is 5.91 Å². The van der Waals surface area contributed by atoms with E-state index in [1.807, 2.05) is 29.2 Å². The van der Waals surface area contributed by atoms with Gasteiger partial charge in [0, 0.05) is 25.4 Å². The summed E-state index contributed by atoms with van der Waals surface area (Å²) in [4.78, 5) is 26.6. The standard InChI is InChI=1S/C20H19N7O2/c28-13-7-8-27(11-13)18-6-5-12(10-21-18)20(29)24-17-9-16(25-26-17)19-22-14-3-1-2-4-15(14)23-19/h1-6,9-10,13,28H,7-8,11H2,(H,22,23)(H2,24,25,26,29). The third-order valence-electron chi connectivity index (χ3n) is 4.96. The van der Waals surface area contributed by atoms with Gasteiger partial charge in [-0.1, -0.05) is 12.1 Å². The van der Waals surface area contributed by atoms with E-state index < -0.39 is 0 Å². The zero-order chi connectivity index (χ0) is 19.8. The van der Waals surface area contributed by atoms with Crippen LogP contribution in [0.2, 0.25) is 0 Å². The van der Waals surface area contributed by atoms with Crippen molar-refractivity contribution in [1.29, 1.82) is 0 Å². The van der Waals surface area contributed by atoms with Gasteiger partial charge in [0.1, 0.15) is 11.5 Å². The quantitative estimate of drug-likeness (QED) is 0.424. The van der Waals surface area contributed by atoms with Crippen molar-refractivity contribution in [3.05, 3.63) is 54.2 Å². The summed E-state index contributed by atoms with van der Waals surface area (Å²) in [6, 6.07) is 13.0. The van der Waals surface area contributed by atoms with Crippen LogP contribution >= 0.6 is 0 Å². The molecule has 1 fully saturated rings. The first-order valence-electron chi connectivity index (χ1n) is 9.37. The van der Waals surface area contributed by atoms with E-state index in [4.69, 9.17) is 0 Å². The molecule has 3 aromatic heterocycles. The molecule has 1 saturated heterocycles. The molecule has 29 heavy (non-hydrogen) atoms. The number of aliphatic hydroxyl groups excluding tert-OH is 1. The first kappa shape index (κ1) is 17.4. The van der Waals surface area contributed by atoms with E-state index in [1.54, 1.807) is 18.2 Å². The molecular formula is C20H19N7O2. The number of nitrogens with zero attached hydrogens (tertiary/aromatic N) is 4. The number of benzene rings is 1. The van der Waals surface area contributed by atoms with Crippen molar-refractivity contribution in [1.82, 2.24) is 25.1 Å². The second-order valence-corrected chi connectivity index (χ2v) is 7.02. The minimum atomic E-state index is -0.319. The first-order chi connectivity index (χ1) is 14.2. The van der Waals surface area contributed by atoms with Gasteiger partial charge >= 0.3 is 0 Å². The Morgan fingerprint density at radius 1 is 1.24 bits per heavy atom. The Bertz CT molecular complexity index is 1130. The highest BCUT2D eigenvalue weighted by atomic mass is 16.3. The van der Waals surface area contributed by atoms with Gasteiger partial charge in [-0.05, 0) is 30.7 Å². The highest BCUT2D eigenvalue weighted by molar-refractivity contribution is 6.03. The fourth-order valence-corrected chi connectivity index (χ4v) is 3.43. The van der Waals surface area contributed by atoms with Crippen molar-refractivity contribution >= 4 is 28.6 Å². The van der Waals surface area contributed by atoms with Gasteiger partial charge in [-0.25, -0.2) is 9.97 Å². The molecule has 1 aromatic carbocycles. The number of fused-ring (bicyclic) bond motifs is 1. The number of amides is 1. The molecule has 0 spiro atoms. The molecule has 0 saturated carbocycles. The third-order valence-corrected chi connectivity index (χ3v) is 4.96. The summed E-state index contributed by atoms with van der Waals surface area (Å²) in [5.74, 6) is 1.51. The number of pyridine rings is 1. The van der Waals surface area contributed by atoms with Gasteiger partial charge in [-0.3, -0.25) is 9.89 Å². The van der Waals surface area contributed by atoms with Crippen molar-refractivity contribution in [3.8, 4) is 11.5 Å². The lowest BCUT2D eigenvalue weighted by Gasteiger charge is -2.16. The summed E-state index contributed by atoms with van der Waals surface area (Å²) in [6.07, 6.45) is 1.94. The molecule has 9 heteroatoms. The predicted octanol–water partition coefficient (Wildman–Crippen LogP) is 2.17. The molecule has 9 nitrogen and oxygen atoms in total. The Labute approximate surface area is 165 Å². The molecule has 1 unspecified atom stereocenters. The topological polar surface area (TPSA) is 123 Å². The molecule has 0 bridgehead atoms. The van der Waals surface area contributed by atoms with Crippen molar-refractivity contribution in [2.75, 3.05) is 23.3 Å². The predicted molar refractivity (Wildman–Crippen MR) is 109 cm³/mol. The number of H-pyrrole nitrogens is 2. The normalized spacial score (nSPS) is 16.4. The summed E-state index contributed by atoms with van der Waals surface area (Å²) in [5.41, 5.74) is 2.90.